The molecule has 1 aromatic heterocycles. The second-order valence-electron chi connectivity index (χ2n) is 5.02. The summed E-state index contributed by atoms with van der Waals surface area (Å²) in [5.41, 5.74) is -0.121. The van der Waals surface area contributed by atoms with Crippen LogP contribution in [0.4, 0.5) is 0 Å². The number of nitrogens with one attached hydrogen (secondary N) is 1. The van der Waals surface area contributed by atoms with Crippen LogP contribution in [0.1, 0.15) is 47.4 Å². The maximum absolute atomic E-state index is 12.0. The summed E-state index contributed by atoms with van der Waals surface area (Å²) in [6.45, 7) is 6.98. The number of ether oxygens (including phenoxy) is 1. The summed E-state index contributed by atoms with van der Waals surface area (Å²) in [4.78, 5) is 24.0. The summed E-state index contributed by atoms with van der Waals surface area (Å²) < 4.78 is 12.4. The normalized spacial score (nSPS) is 10.4. The molecular weight excluding hydrogens is 375 g/mol. The molecule has 1 aromatic rings. The first-order valence-electron chi connectivity index (χ1n) is 5.80. The van der Waals surface area contributed by atoms with Gasteiger partial charge in [-0.25, -0.2) is 4.79 Å². The Bertz CT molecular complexity index is 575. The van der Waals surface area contributed by atoms with E-state index in [0.29, 0.717) is 5.69 Å². The van der Waals surface area contributed by atoms with Gasteiger partial charge in [0.2, 0.25) is 5.76 Å². The van der Waals surface area contributed by atoms with E-state index in [1.165, 1.54) is 0 Å². The minimum absolute atomic E-state index is 0.0296. The van der Waals surface area contributed by atoms with Gasteiger partial charge in [-0.05, 0) is 31.6 Å². The molecule has 0 aliphatic rings. The number of carbonyl (C=O) groups is 2. The Balaban J connectivity index is 2.96. The summed E-state index contributed by atoms with van der Waals surface area (Å²) in [6.07, 6.45) is 0. The number of amides is 1. The number of rotatable bonds is 3. The molecule has 7 heteroatoms. The van der Waals surface area contributed by atoms with Gasteiger partial charge in [0.1, 0.15) is 5.56 Å². The van der Waals surface area contributed by atoms with E-state index in [-0.39, 0.29) is 17.9 Å². The third-order valence-electron chi connectivity index (χ3n) is 2.10. The highest BCUT2D eigenvalue weighted by Crippen LogP contribution is 2.16. The van der Waals surface area contributed by atoms with Crippen molar-refractivity contribution in [1.82, 2.24) is 10.5 Å². The molecule has 0 unspecified atom stereocenters. The molecule has 1 amide bonds. The van der Waals surface area contributed by atoms with Crippen molar-refractivity contribution in [3.8, 4) is 9.85 Å². The zero-order chi connectivity index (χ0) is 15.3. The molecule has 0 aromatic carbocycles. The fraction of sp³-hybridized carbons (Fsp3) is 0.462. The van der Waals surface area contributed by atoms with Gasteiger partial charge in [-0.1, -0.05) is 11.1 Å². The molecule has 0 radical (unpaired) electrons. The van der Waals surface area contributed by atoms with Crippen molar-refractivity contribution in [2.75, 3.05) is 6.61 Å². The molecule has 108 valence electrons. The van der Waals surface area contributed by atoms with Gasteiger partial charge in [-0.2, -0.15) is 0 Å². The van der Waals surface area contributed by atoms with Crippen LogP contribution in [0.5, 0.6) is 0 Å². The Morgan fingerprint density at radius 3 is 2.65 bits per heavy atom. The zero-order valence-corrected chi connectivity index (χ0v) is 13.8. The maximum Gasteiger partial charge on any atom is 0.345 e. The van der Waals surface area contributed by atoms with Crippen LogP contribution < -0.4 is 5.32 Å². The Kier molecular flexibility index (Phi) is 5.56. The molecule has 0 atom stereocenters. The average molecular weight is 390 g/mol. The first-order valence-corrected chi connectivity index (χ1v) is 6.88. The number of hydrogen-bond acceptors (Lipinski definition) is 5. The standard InChI is InChI=1S/C13H15IN2O4/c1-8-9(12(18)19-7-5-6-14)10(20-16-8)11(17)15-13(2,3)4/h7H2,1-4H3,(H,15,17). The third-order valence-corrected chi connectivity index (χ3v) is 2.49. The van der Waals surface area contributed by atoms with Gasteiger partial charge in [0, 0.05) is 28.1 Å². The van der Waals surface area contributed by atoms with Crippen LogP contribution >= 0.6 is 22.6 Å². The Hall–Kier alpha value is -1.56. The highest BCUT2D eigenvalue weighted by atomic mass is 127. The predicted octanol–water partition coefficient (Wildman–Crippen LogP) is 2.06. The number of carbonyl (C=O) groups excluding carboxylic acids is 2. The van der Waals surface area contributed by atoms with Crippen molar-refractivity contribution in [2.24, 2.45) is 0 Å². The van der Waals surface area contributed by atoms with E-state index in [1.54, 1.807) is 6.92 Å². The van der Waals surface area contributed by atoms with Crippen LogP contribution in [0.15, 0.2) is 4.52 Å². The Morgan fingerprint density at radius 1 is 1.45 bits per heavy atom. The van der Waals surface area contributed by atoms with E-state index >= 15 is 0 Å². The predicted molar refractivity (Wildman–Crippen MR) is 80.5 cm³/mol. The van der Waals surface area contributed by atoms with Crippen molar-refractivity contribution < 1.29 is 18.8 Å². The maximum atomic E-state index is 12.0. The number of nitrogens with zero attached hydrogens (tertiary/aromatic N) is 1. The minimum atomic E-state index is -0.679. The lowest BCUT2D eigenvalue weighted by molar-refractivity contribution is 0.0549. The van der Waals surface area contributed by atoms with Crippen molar-refractivity contribution >= 4 is 34.5 Å². The third kappa shape index (κ3) is 4.52. The van der Waals surface area contributed by atoms with E-state index in [0.717, 1.165) is 0 Å². The van der Waals surface area contributed by atoms with Crippen molar-refractivity contribution in [3.63, 3.8) is 0 Å². The fourth-order valence-corrected chi connectivity index (χ4v) is 1.52. The van der Waals surface area contributed by atoms with Crippen LogP contribution in [0.25, 0.3) is 0 Å². The van der Waals surface area contributed by atoms with Crippen LogP contribution in [0, 0.1) is 16.8 Å². The minimum Gasteiger partial charge on any atom is -0.449 e. The summed E-state index contributed by atoms with van der Waals surface area (Å²) in [5, 5.41) is 6.34. The number of halogens is 1. The van der Waals surface area contributed by atoms with Gasteiger partial charge in [-0.3, -0.25) is 4.79 Å². The fourth-order valence-electron chi connectivity index (χ4n) is 1.36. The highest BCUT2D eigenvalue weighted by molar-refractivity contribution is 14.1. The first kappa shape index (κ1) is 16.5. The van der Waals surface area contributed by atoms with E-state index < -0.39 is 17.4 Å². The average Bonchev–Trinajstić information content (AvgIpc) is 2.69. The molecular formula is C13H15IN2O4. The Labute approximate surface area is 130 Å². The second kappa shape index (κ2) is 6.74. The largest absolute Gasteiger partial charge is 0.449 e. The molecule has 0 spiro atoms. The van der Waals surface area contributed by atoms with Gasteiger partial charge >= 0.3 is 5.97 Å². The van der Waals surface area contributed by atoms with E-state index in [9.17, 15) is 9.59 Å². The quantitative estimate of drug-likeness (QED) is 0.486. The molecule has 0 saturated carbocycles. The lowest BCUT2D eigenvalue weighted by Gasteiger charge is -2.19. The van der Waals surface area contributed by atoms with Crippen molar-refractivity contribution in [1.29, 1.82) is 0 Å². The number of aryl methyl sites for hydroxylation is 1. The van der Waals surface area contributed by atoms with E-state index in [4.69, 9.17) is 9.26 Å². The second-order valence-corrected chi connectivity index (χ2v) is 5.56. The monoisotopic (exact) mass is 390 g/mol. The number of esters is 1. The molecule has 0 aliphatic heterocycles. The van der Waals surface area contributed by atoms with Gasteiger partial charge in [0.25, 0.3) is 5.91 Å². The molecule has 0 fully saturated rings. The molecule has 0 saturated heterocycles. The Morgan fingerprint density at radius 2 is 2.10 bits per heavy atom. The SMILES string of the molecule is Cc1noc(C(=O)NC(C)(C)C)c1C(=O)OCC#CI. The van der Waals surface area contributed by atoms with E-state index in [2.05, 4.69) is 20.3 Å². The smallest absolute Gasteiger partial charge is 0.345 e. The number of aromatic nitrogens is 1. The van der Waals surface area contributed by atoms with Crippen LogP contribution in [0.2, 0.25) is 0 Å². The molecule has 1 N–H and O–H groups in total. The molecule has 1 heterocycles. The molecule has 0 aliphatic carbocycles. The van der Waals surface area contributed by atoms with Crippen LogP contribution in [-0.2, 0) is 4.74 Å². The molecule has 20 heavy (non-hydrogen) atoms. The topological polar surface area (TPSA) is 81.4 Å². The summed E-state index contributed by atoms with van der Waals surface area (Å²) in [6, 6.07) is 0. The first-order chi connectivity index (χ1) is 9.26. The van der Waals surface area contributed by atoms with E-state index in [1.807, 2.05) is 43.4 Å². The summed E-state index contributed by atoms with van der Waals surface area (Å²) in [5.74, 6) is 1.25. The zero-order valence-electron chi connectivity index (χ0n) is 11.7. The molecule has 1 rings (SSSR count). The highest BCUT2D eigenvalue weighted by Gasteiger charge is 2.28. The van der Waals surface area contributed by atoms with Gasteiger partial charge < -0.3 is 14.6 Å². The van der Waals surface area contributed by atoms with Crippen molar-refractivity contribution in [3.05, 3.63) is 17.0 Å². The van der Waals surface area contributed by atoms with Crippen molar-refractivity contribution in [2.45, 2.75) is 33.2 Å². The van der Waals surface area contributed by atoms with Crippen LogP contribution in [0.3, 0.4) is 0 Å². The van der Waals surface area contributed by atoms with Gasteiger partial charge in [0.15, 0.2) is 6.61 Å². The number of hydrogen-bond donors (Lipinski definition) is 1. The van der Waals surface area contributed by atoms with Gasteiger partial charge in [0.05, 0.1) is 5.69 Å². The van der Waals surface area contributed by atoms with Gasteiger partial charge in [-0.15, -0.1) is 0 Å². The van der Waals surface area contributed by atoms with Crippen LogP contribution in [-0.4, -0.2) is 29.2 Å². The summed E-state index contributed by atoms with van der Waals surface area (Å²) in [7, 11) is 0. The summed E-state index contributed by atoms with van der Waals surface area (Å²) >= 11 is 1.84. The lowest BCUT2D eigenvalue weighted by atomic mass is 10.1. The lowest BCUT2D eigenvalue weighted by Crippen LogP contribution is -2.41. The molecule has 0 bridgehead atoms. The molecule has 6 nitrogen and oxygen atoms in total.